The van der Waals surface area contributed by atoms with E-state index in [-0.39, 0.29) is 12.2 Å². The van der Waals surface area contributed by atoms with Crippen molar-refractivity contribution < 1.29 is 32.6 Å². The Morgan fingerprint density at radius 2 is 1.69 bits per heavy atom. The van der Waals surface area contributed by atoms with Gasteiger partial charge >= 0.3 is 18.1 Å². The van der Waals surface area contributed by atoms with Crippen LogP contribution in [-0.2, 0) is 22.3 Å². The van der Waals surface area contributed by atoms with E-state index in [4.69, 9.17) is 4.74 Å². The number of aliphatic carboxylic acids is 1. The van der Waals surface area contributed by atoms with Crippen molar-refractivity contribution in [1.29, 1.82) is 0 Å². The minimum absolute atomic E-state index is 0.179. The Morgan fingerprint density at radius 1 is 1.06 bits per heavy atom. The lowest BCUT2D eigenvalue weighted by Crippen LogP contribution is -2.26. The predicted molar refractivity (Wildman–Crippen MR) is 109 cm³/mol. The van der Waals surface area contributed by atoms with Crippen molar-refractivity contribution in [2.24, 2.45) is 0 Å². The van der Waals surface area contributed by atoms with Gasteiger partial charge in [-0.1, -0.05) is 5.21 Å². The minimum atomic E-state index is -4.43. The summed E-state index contributed by atoms with van der Waals surface area (Å²) in [6.45, 7) is 2.99. The van der Waals surface area contributed by atoms with Crippen molar-refractivity contribution in [2.75, 3.05) is 0 Å². The summed E-state index contributed by atoms with van der Waals surface area (Å²) in [4.78, 5) is 24.1. The fourth-order valence-electron chi connectivity index (χ4n) is 2.51. The standard InChI is InChI=1S/C21H18F3N3O4S/c1-20(2,19(29)30)32-17-9-3-13(4-10-17)18(28)31-12-15-11-27(26-25-15)16-7-5-14(6-8-16)21(22,23)24/h3-11H,12H2,1-2H3,(H,29,30). The number of nitrogens with zero attached hydrogens (tertiary/aromatic N) is 3. The molecular formula is C21H18F3N3O4S. The molecule has 2 aromatic carbocycles. The number of hydrogen-bond donors (Lipinski definition) is 1. The second kappa shape index (κ2) is 9.03. The van der Waals surface area contributed by atoms with Gasteiger partial charge in [0.15, 0.2) is 0 Å². The van der Waals surface area contributed by atoms with Gasteiger partial charge in [-0.15, -0.1) is 16.9 Å². The Kier molecular flexibility index (Phi) is 6.58. The number of alkyl halides is 3. The summed E-state index contributed by atoms with van der Waals surface area (Å²) in [5.74, 6) is -1.56. The van der Waals surface area contributed by atoms with Crippen LogP contribution in [0.4, 0.5) is 13.2 Å². The number of esters is 1. The first-order valence-corrected chi connectivity index (χ1v) is 10.1. The van der Waals surface area contributed by atoms with Crippen LogP contribution in [0.3, 0.4) is 0 Å². The second-order valence-corrected chi connectivity index (χ2v) is 8.91. The fourth-order valence-corrected chi connectivity index (χ4v) is 3.46. The van der Waals surface area contributed by atoms with Crippen LogP contribution in [-0.4, -0.2) is 36.8 Å². The van der Waals surface area contributed by atoms with Gasteiger partial charge in [-0.05, 0) is 62.4 Å². The Bertz CT molecular complexity index is 1110. The molecule has 11 heteroatoms. The highest BCUT2D eigenvalue weighted by molar-refractivity contribution is 8.01. The van der Waals surface area contributed by atoms with Crippen molar-refractivity contribution in [2.45, 2.75) is 36.3 Å². The third kappa shape index (κ3) is 5.67. The van der Waals surface area contributed by atoms with Crippen LogP contribution in [0.1, 0.15) is 35.5 Å². The van der Waals surface area contributed by atoms with Crippen LogP contribution >= 0.6 is 11.8 Å². The van der Waals surface area contributed by atoms with Crippen LogP contribution in [0, 0.1) is 0 Å². The van der Waals surface area contributed by atoms with E-state index in [0.717, 1.165) is 23.9 Å². The molecule has 3 rings (SSSR count). The molecule has 0 amide bonds. The Balaban J connectivity index is 1.59. The molecule has 0 spiro atoms. The molecular weight excluding hydrogens is 447 g/mol. The number of carbonyl (C=O) groups is 2. The second-order valence-electron chi connectivity index (χ2n) is 7.22. The van der Waals surface area contributed by atoms with E-state index in [1.807, 2.05) is 0 Å². The van der Waals surface area contributed by atoms with E-state index >= 15 is 0 Å². The van der Waals surface area contributed by atoms with Crippen molar-refractivity contribution in [3.05, 3.63) is 71.5 Å². The summed E-state index contributed by atoms with van der Waals surface area (Å²) in [6.07, 6.45) is -2.98. The fraction of sp³-hybridized carbons (Fsp3) is 0.238. The molecule has 0 unspecified atom stereocenters. The van der Waals surface area contributed by atoms with Gasteiger partial charge in [-0.25, -0.2) is 9.48 Å². The van der Waals surface area contributed by atoms with Crippen molar-refractivity contribution in [3.63, 3.8) is 0 Å². The van der Waals surface area contributed by atoms with Crippen molar-refractivity contribution in [3.8, 4) is 5.69 Å². The van der Waals surface area contributed by atoms with Gasteiger partial charge in [-0.2, -0.15) is 13.2 Å². The SMILES string of the molecule is CC(C)(Sc1ccc(C(=O)OCc2cn(-c3ccc(C(F)(F)F)cc3)nn2)cc1)C(=O)O. The summed E-state index contributed by atoms with van der Waals surface area (Å²) in [6, 6.07) is 10.7. The summed E-state index contributed by atoms with van der Waals surface area (Å²) >= 11 is 1.15. The number of ether oxygens (including phenoxy) is 1. The number of halogens is 3. The highest BCUT2D eigenvalue weighted by Gasteiger charge is 2.30. The van der Waals surface area contributed by atoms with E-state index in [9.17, 15) is 27.9 Å². The molecule has 32 heavy (non-hydrogen) atoms. The van der Waals surface area contributed by atoms with E-state index in [2.05, 4.69) is 10.3 Å². The molecule has 168 valence electrons. The lowest BCUT2D eigenvalue weighted by Gasteiger charge is -2.18. The maximum absolute atomic E-state index is 12.7. The summed E-state index contributed by atoms with van der Waals surface area (Å²) in [5, 5.41) is 16.9. The highest BCUT2D eigenvalue weighted by atomic mass is 32.2. The lowest BCUT2D eigenvalue weighted by atomic mass is 10.2. The smallest absolute Gasteiger partial charge is 0.416 e. The Labute approximate surface area is 185 Å². The van der Waals surface area contributed by atoms with Crippen LogP contribution in [0.5, 0.6) is 0 Å². The summed E-state index contributed by atoms with van der Waals surface area (Å²) < 4.78 is 43.4. The van der Waals surface area contributed by atoms with Gasteiger partial charge in [0.05, 0.1) is 23.0 Å². The van der Waals surface area contributed by atoms with Gasteiger partial charge in [0.25, 0.3) is 0 Å². The van der Waals surface area contributed by atoms with E-state index in [0.29, 0.717) is 16.3 Å². The van der Waals surface area contributed by atoms with Crippen molar-refractivity contribution >= 4 is 23.7 Å². The maximum Gasteiger partial charge on any atom is 0.416 e. The molecule has 0 atom stereocenters. The highest BCUT2D eigenvalue weighted by Crippen LogP contribution is 2.33. The van der Waals surface area contributed by atoms with Gasteiger partial charge in [0.1, 0.15) is 17.0 Å². The minimum Gasteiger partial charge on any atom is -0.480 e. The normalized spacial score (nSPS) is 11.9. The number of benzene rings is 2. The first kappa shape index (κ1) is 23.3. The molecule has 0 aliphatic heterocycles. The first-order chi connectivity index (χ1) is 15.0. The molecule has 3 aromatic rings. The van der Waals surface area contributed by atoms with E-state index in [1.165, 1.54) is 35.1 Å². The number of carbonyl (C=O) groups excluding carboxylic acids is 1. The third-order valence-electron chi connectivity index (χ3n) is 4.33. The third-order valence-corrected chi connectivity index (χ3v) is 5.52. The predicted octanol–water partition coefficient (Wildman–Crippen LogP) is 4.60. The van der Waals surface area contributed by atoms with Crippen LogP contribution < -0.4 is 0 Å². The molecule has 0 bridgehead atoms. The zero-order valence-corrected chi connectivity index (χ0v) is 17.8. The maximum atomic E-state index is 12.7. The summed E-state index contributed by atoms with van der Waals surface area (Å²) in [7, 11) is 0. The average molecular weight is 465 g/mol. The van der Waals surface area contributed by atoms with Gasteiger partial charge < -0.3 is 9.84 Å². The number of thioether (sulfide) groups is 1. The first-order valence-electron chi connectivity index (χ1n) is 9.24. The molecule has 0 saturated heterocycles. The molecule has 7 nitrogen and oxygen atoms in total. The monoisotopic (exact) mass is 465 g/mol. The zero-order chi connectivity index (χ0) is 23.5. The van der Waals surface area contributed by atoms with Gasteiger partial charge in [0.2, 0.25) is 0 Å². The number of hydrogen-bond acceptors (Lipinski definition) is 6. The molecule has 0 saturated carbocycles. The molecule has 1 aromatic heterocycles. The van der Waals surface area contributed by atoms with E-state index < -0.39 is 28.4 Å². The largest absolute Gasteiger partial charge is 0.480 e. The molecule has 0 radical (unpaired) electrons. The zero-order valence-electron chi connectivity index (χ0n) is 17.0. The Morgan fingerprint density at radius 3 is 2.25 bits per heavy atom. The Hall–Kier alpha value is -3.34. The molecule has 1 N–H and O–H groups in total. The van der Waals surface area contributed by atoms with Gasteiger partial charge in [-0.3, -0.25) is 4.79 Å². The molecule has 0 fully saturated rings. The molecule has 1 heterocycles. The van der Waals surface area contributed by atoms with Crippen molar-refractivity contribution in [1.82, 2.24) is 15.0 Å². The lowest BCUT2D eigenvalue weighted by molar-refractivity contribution is -0.139. The number of aromatic nitrogens is 3. The average Bonchev–Trinajstić information content (AvgIpc) is 3.21. The quantitative estimate of drug-likeness (QED) is 0.403. The number of rotatable bonds is 7. The van der Waals surface area contributed by atoms with Crippen LogP contribution in [0.2, 0.25) is 0 Å². The topological polar surface area (TPSA) is 94.3 Å². The van der Waals surface area contributed by atoms with Gasteiger partial charge in [0, 0.05) is 4.90 Å². The van der Waals surface area contributed by atoms with Crippen LogP contribution in [0.25, 0.3) is 5.69 Å². The van der Waals surface area contributed by atoms with E-state index in [1.54, 1.807) is 26.0 Å². The molecule has 0 aliphatic carbocycles. The molecule has 0 aliphatic rings. The number of carboxylic acids is 1. The number of carboxylic acid groups (broad SMARTS) is 1. The van der Waals surface area contributed by atoms with Crippen LogP contribution in [0.15, 0.2) is 59.6 Å². The summed E-state index contributed by atoms with van der Waals surface area (Å²) in [5.41, 5.74) is 0.193.